The van der Waals surface area contributed by atoms with Crippen LogP contribution in [0.3, 0.4) is 0 Å². The third kappa shape index (κ3) is 3.14. The summed E-state index contributed by atoms with van der Waals surface area (Å²) in [6.07, 6.45) is 7.08. The van der Waals surface area contributed by atoms with Crippen molar-refractivity contribution >= 4 is 17.4 Å². The summed E-state index contributed by atoms with van der Waals surface area (Å²) in [7, 11) is 0. The van der Waals surface area contributed by atoms with E-state index < -0.39 is 0 Å². The molecular formula is C10H14ClN3. The van der Waals surface area contributed by atoms with Gasteiger partial charge in [-0.2, -0.15) is 0 Å². The number of halogens is 1. The minimum Gasteiger partial charge on any atom is -0.370 e. The van der Waals surface area contributed by atoms with Gasteiger partial charge in [0.25, 0.3) is 0 Å². The summed E-state index contributed by atoms with van der Waals surface area (Å²) in [5.41, 5.74) is 0. The first-order valence-corrected chi connectivity index (χ1v) is 5.45. The molecule has 4 heteroatoms. The Labute approximate surface area is 88.9 Å². The maximum atomic E-state index is 5.66. The molecule has 2 rings (SSSR count). The fourth-order valence-electron chi connectivity index (χ4n) is 1.45. The highest BCUT2D eigenvalue weighted by atomic mass is 35.5. The predicted molar refractivity (Wildman–Crippen MR) is 57.5 cm³/mol. The number of nitrogens with one attached hydrogen (secondary N) is 1. The number of anilines is 1. The second-order valence-corrected chi connectivity index (χ2v) is 4.06. The van der Waals surface area contributed by atoms with Gasteiger partial charge in [-0.1, -0.05) is 12.8 Å². The fourth-order valence-corrected chi connectivity index (χ4v) is 1.59. The van der Waals surface area contributed by atoms with E-state index in [1.54, 1.807) is 6.20 Å². The fraction of sp³-hybridized carbons (Fsp3) is 0.600. The molecule has 0 atom stereocenters. The minimum absolute atomic E-state index is 0.303. The van der Waals surface area contributed by atoms with Gasteiger partial charge in [-0.05, 0) is 36.4 Å². The molecule has 0 saturated heterocycles. The van der Waals surface area contributed by atoms with E-state index >= 15 is 0 Å². The number of rotatable bonds is 5. The van der Waals surface area contributed by atoms with Crippen LogP contribution >= 0.6 is 11.6 Å². The van der Waals surface area contributed by atoms with Crippen LogP contribution in [0.15, 0.2) is 12.3 Å². The molecule has 0 unspecified atom stereocenters. The average Bonchev–Trinajstić information content (AvgIpc) is 2.96. The number of hydrogen-bond acceptors (Lipinski definition) is 3. The van der Waals surface area contributed by atoms with Crippen LogP contribution in [-0.4, -0.2) is 16.5 Å². The van der Waals surface area contributed by atoms with E-state index in [1.165, 1.54) is 25.7 Å². The van der Waals surface area contributed by atoms with Gasteiger partial charge in [0.15, 0.2) is 0 Å². The quantitative estimate of drug-likeness (QED) is 0.601. The lowest BCUT2D eigenvalue weighted by Crippen LogP contribution is -2.03. The van der Waals surface area contributed by atoms with Crippen molar-refractivity contribution in [1.29, 1.82) is 0 Å². The van der Waals surface area contributed by atoms with Gasteiger partial charge >= 0.3 is 0 Å². The Kier molecular flexibility index (Phi) is 3.19. The minimum atomic E-state index is 0.303. The highest BCUT2D eigenvalue weighted by Crippen LogP contribution is 2.33. The Morgan fingerprint density at radius 3 is 3.07 bits per heavy atom. The van der Waals surface area contributed by atoms with Crippen molar-refractivity contribution in [1.82, 2.24) is 9.97 Å². The summed E-state index contributed by atoms with van der Waals surface area (Å²) in [6.45, 7) is 0.976. The van der Waals surface area contributed by atoms with E-state index in [-0.39, 0.29) is 0 Å². The predicted octanol–water partition coefficient (Wildman–Crippen LogP) is 2.73. The van der Waals surface area contributed by atoms with Crippen LogP contribution in [0.25, 0.3) is 0 Å². The van der Waals surface area contributed by atoms with Crippen LogP contribution in [-0.2, 0) is 0 Å². The highest BCUT2D eigenvalue weighted by Gasteiger charge is 2.19. The highest BCUT2D eigenvalue weighted by molar-refractivity contribution is 6.28. The van der Waals surface area contributed by atoms with Gasteiger partial charge < -0.3 is 5.32 Å². The molecule has 14 heavy (non-hydrogen) atoms. The molecule has 1 aliphatic rings. The van der Waals surface area contributed by atoms with Crippen LogP contribution in [0, 0.1) is 5.92 Å². The molecule has 0 aliphatic heterocycles. The van der Waals surface area contributed by atoms with Crippen molar-refractivity contribution in [2.45, 2.75) is 25.7 Å². The topological polar surface area (TPSA) is 37.8 Å². The number of nitrogens with zero attached hydrogens (tertiary/aromatic N) is 2. The first-order chi connectivity index (χ1) is 6.84. The summed E-state index contributed by atoms with van der Waals surface area (Å²) in [5.74, 6) is 1.83. The van der Waals surface area contributed by atoms with Crippen LogP contribution in [0.2, 0.25) is 5.28 Å². The molecule has 1 aliphatic carbocycles. The maximum Gasteiger partial charge on any atom is 0.224 e. The third-order valence-electron chi connectivity index (χ3n) is 2.42. The van der Waals surface area contributed by atoms with Gasteiger partial charge in [-0.25, -0.2) is 9.97 Å². The molecule has 0 radical (unpaired) electrons. The monoisotopic (exact) mass is 211 g/mol. The van der Waals surface area contributed by atoms with Crippen molar-refractivity contribution in [3.63, 3.8) is 0 Å². The molecule has 0 amide bonds. The van der Waals surface area contributed by atoms with Gasteiger partial charge in [0.05, 0.1) is 0 Å². The van der Waals surface area contributed by atoms with Crippen LogP contribution in [0.5, 0.6) is 0 Å². The van der Waals surface area contributed by atoms with Crippen molar-refractivity contribution in [2.24, 2.45) is 5.92 Å². The first kappa shape index (κ1) is 9.71. The molecule has 3 nitrogen and oxygen atoms in total. The zero-order valence-corrected chi connectivity index (χ0v) is 8.80. The summed E-state index contributed by atoms with van der Waals surface area (Å²) in [5, 5.41) is 3.54. The standard InChI is InChI=1S/C10H14ClN3/c11-10-13-7-5-9(14-10)12-6-1-2-8-3-4-8/h5,7-8H,1-4,6H2,(H,12,13,14). The Bertz CT molecular complexity index is 299. The van der Waals surface area contributed by atoms with Gasteiger partial charge in [-0.15, -0.1) is 0 Å². The molecule has 1 fully saturated rings. The van der Waals surface area contributed by atoms with Crippen molar-refractivity contribution < 1.29 is 0 Å². The normalized spacial score (nSPS) is 15.5. The van der Waals surface area contributed by atoms with Gasteiger partial charge in [0, 0.05) is 12.7 Å². The van der Waals surface area contributed by atoms with E-state index in [1.807, 2.05) is 6.07 Å². The number of aromatic nitrogens is 2. The SMILES string of the molecule is Clc1nccc(NCCCC2CC2)n1. The lowest BCUT2D eigenvalue weighted by Gasteiger charge is -2.04. The second-order valence-electron chi connectivity index (χ2n) is 3.72. The Morgan fingerprint density at radius 2 is 2.36 bits per heavy atom. The summed E-state index contributed by atoms with van der Waals surface area (Å²) >= 11 is 5.66. The Balaban J connectivity index is 1.68. The third-order valence-corrected chi connectivity index (χ3v) is 2.60. The first-order valence-electron chi connectivity index (χ1n) is 5.07. The van der Waals surface area contributed by atoms with Crippen LogP contribution in [0.4, 0.5) is 5.82 Å². The zero-order valence-electron chi connectivity index (χ0n) is 8.04. The van der Waals surface area contributed by atoms with E-state index in [9.17, 15) is 0 Å². The van der Waals surface area contributed by atoms with E-state index in [0.717, 1.165) is 18.3 Å². The van der Waals surface area contributed by atoms with Crippen molar-refractivity contribution in [2.75, 3.05) is 11.9 Å². The van der Waals surface area contributed by atoms with Gasteiger partial charge in [-0.3, -0.25) is 0 Å². The van der Waals surface area contributed by atoms with Crippen LogP contribution < -0.4 is 5.32 Å². The van der Waals surface area contributed by atoms with Gasteiger partial charge in [0.1, 0.15) is 5.82 Å². The molecule has 1 aromatic heterocycles. The van der Waals surface area contributed by atoms with Crippen molar-refractivity contribution in [3.05, 3.63) is 17.5 Å². The maximum absolute atomic E-state index is 5.66. The molecule has 0 aromatic carbocycles. The number of hydrogen-bond donors (Lipinski definition) is 1. The smallest absolute Gasteiger partial charge is 0.224 e. The average molecular weight is 212 g/mol. The van der Waals surface area contributed by atoms with Crippen LogP contribution in [0.1, 0.15) is 25.7 Å². The largest absolute Gasteiger partial charge is 0.370 e. The zero-order chi connectivity index (χ0) is 9.80. The van der Waals surface area contributed by atoms with E-state index in [2.05, 4.69) is 15.3 Å². The van der Waals surface area contributed by atoms with Crippen molar-refractivity contribution in [3.8, 4) is 0 Å². The molecule has 76 valence electrons. The Morgan fingerprint density at radius 1 is 1.50 bits per heavy atom. The molecule has 0 bridgehead atoms. The molecule has 1 N–H and O–H groups in total. The summed E-state index contributed by atoms with van der Waals surface area (Å²) in [4.78, 5) is 7.87. The summed E-state index contributed by atoms with van der Waals surface area (Å²) in [6, 6.07) is 1.84. The lowest BCUT2D eigenvalue weighted by atomic mass is 10.2. The Hall–Kier alpha value is -0.830. The second kappa shape index (κ2) is 4.60. The molecule has 1 heterocycles. The molecule has 1 aromatic rings. The van der Waals surface area contributed by atoms with Gasteiger partial charge in [0.2, 0.25) is 5.28 Å². The summed E-state index contributed by atoms with van der Waals surface area (Å²) < 4.78 is 0. The van der Waals surface area contributed by atoms with E-state index in [4.69, 9.17) is 11.6 Å². The van der Waals surface area contributed by atoms with E-state index in [0.29, 0.717) is 5.28 Å². The molecule has 0 spiro atoms. The molecular weight excluding hydrogens is 198 g/mol. The molecule has 1 saturated carbocycles. The lowest BCUT2D eigenvalue weighted by molar-refractivity contribution is 0.686.